The summed E-state index contributed by atoms with van der Waals surface area (Å²) in [4.78, 5) is 16.5. The van der Waals surface area contributed by atoms with Crippen molar-refractivity contribution in [3.63, 3.8) is 0 Å². The van der Waals surface area contributed by atoms with Crippen LogP contribution in [0, 0.1) is 5.82 Å². The Morgan fingerprint density at radius 2 is 2.00 bits per heavy atom. The maximum absolute atomic E-state index is 12.9. The van der Waals surface area contributed by atoms with Crippen LogP contribution in [0.25, 0.3) is 0 Å². The summed E-state index contributed by atoms with van der Waals surface area (Å²) < 4.78 is 23.9. The summed E-state index contributed by atoms with van der Waals surface area (Å²) in [5.41, 5.74) is 6.70. The molecule has 0 aliphatic carbocycles. The van der Waals surface area contributed by atoms with Crippen LogP contribution in [0.2, 0.25) is 0 Å². The van der Waals surface area contributed by atoms with Crippen molar-refractivity contribution in [2.45, 2.75) is 13.0 Å². The average molecular weight is 401 g/mol. The summed E-state index contributed by atoms with van der Waals surface area (Å²) in [5.74, 6) is 0.103. The number of rotatable bonds is 9. The Balaban J connectivity index is 1.52. The van der Waals surface area contributed by atoms with Crippen LogP contribution >= 0.6 is 11.3 Å². The zero-order valence-electron chi connectivity index (χ0n) is 15.3. The predicted molar refractivity (Wildman–Crippen MR) is 106 cm³/mol. The molecule has 3 N–H and O–H groups in total. The Morgan fingerprint density at radius 3 is 2.71 bits per heavy atom. The van der Waals surface area contributed by atoms with Crippen LogP contribution in [0.4, 0.5) is 4.39 Å². The van der Waals surface area contributed by atoms with E-state index in [1.807, 2.05) is 0 Å². The van der Waals surface area contributed by atoms with E-state index in [1.54, 1.807) is 30.5 Å². The third kappa shape index (κ3) is 5.28. The van der Waals surface area contributed by atoms with Gasteiger partial charge in [0.1, 0.15) is 5.82 Å². The molecule has 0 fully saturated rings. The molecule has 6 nitrogen and oxygen atoms in total. The lowest BCUT2D eigenvalue weighted by molar-refractivity contribution is 0.1000. The first-order valence-corrected chi connectivity index (χ1v) is 9.42. The number of aromatic nitrogens is 1. The fourth-order valence-corrected chi connectivity index (χ4v) is 3.25. The van der Waals surface area contributed by atoms with E-state index in [1.165, 1.54) is 36.6 Å². The number of ether oxygens (including phenoxy) is 2. The summed E-state index contributed by atoms with van der Waals surface area (Å²) in [6.07, 6.45) is 2.56. The minimum absolute atomic E-state index is 0.227. The number of amides is 1. The van der Waals surface area contributed by atoms with Crippen LogP contribution < -0.4 is 20.5 Å². The van der Waals surface area contributed by atoms with Gasteiger partial charge in [0, 0.05) is 23.2 Å². The number of benzene rings is 2. The van der Waals surface area contributed by atoms with Gasteiger partial charge in [-0.05, 0) is 48.9 Å². The summed E-state index contributed by atoms with van der Waals surface area (Å²) >= 11 is 1.41. The second-order valence-corrected chi connectivity index (χ2v) is 7.06. The molecule has 3 rings (SSSR count). The zero-order valence-corrected chi connectivity index (χ0v) is 16.1. The van der Waals surface area contributed by atoms with Gasteiger partial charge in [0.15, 0.2) is 11.5 Å². The number of halogens is 1. The fraction of sp³-hybridized carbons (Fsp3) is 0.200. The van der Waals surface area contributed by atoms with Crippen molar-refractivity contribution in [2.24, 2.45) is 5.73 Å². The molecule has 146 valence electrons. The van der Waals surface area contributed by atoms with Crippen LogP contribution in [0.5, 0.6) is 16.7 Å². The molecular formula is C20H20FN3O3S. The standard InChI is InChI=1S/C20H20FN3O3S/c1-26-18-10-14(19(22)25)4-7-17(18)27-20-24-12-16(28-20)11-23-9-8-13-2-5-15(21)6-3-13/h2-7,10,12,23H,8-9,11H2,1H3,(H2,22,25). The number of primary amides is 1. The molecule has 0 aliphatic rings. The van der Waals surface area contributed by atoms with E-state index in [4.69, 9.17) is 15.2 Å². The molecule has 0 atom stereocenters. The first kappa shape index (κ1) is 19.8. The van der Waals surface area contributed by atoms with Gasteiger partial charge in [-0.2, -0.15) is 0 Å². The highest BCUT2D eigenvalue weighted by Crippen LogP contribution is 2.34. The van der Waals surface area contributed by atoms with Crippen molar-refractivity contribution in [3.05, 3.63) is 70.5 Å². The quantitative estimate of drug-likeness (QED) is 0.536. The highest BCUT2D eigenvalue weighted by molar-refractivity contribution is 7.13. The van der Waals surface area contributed by atoms with Crippen molar-refractivity contribution < 1.29 is 18.7 Å². The minimum Gasteiger partial charge on any atom is -0.493 e. The molecule has 0 radical (unpaired) electrons. The smallest absolute Gasteiger partial charge is 0.279 e. The molecule has 2 aromatic carbocycles. The van der Waals surface area contributed by atoms with Gasteiger partial charge in [0.2, 0.25) is 5.91 Å². The molecular weight excluding hydrogens is 381 g/mol. The van der Waals surface area contributed by atoms with Gasteiger partial charge < -0.3 is 20.5 Å². The second-order valence-electron chi connectivity index (χ2n) is 5.98. The number of hydrogen-bond acceptors (Lipinski definition) is 6. The van der Waals surface area contributed by atoms with E-state index in [0.717, 1.165) is 23.4 Å². The molecule has 8 heteroatoms. The number of methoxy groups -OCH3 is 1. The largest absolute Gasteiger partial charge is 0.493 e. The maximum Gasteiger partial charge on any atom is 0.279 e. The third-order valence-corrected chi connectivity index (χ3v) is 4.86. The zero-order chi connectivity index (χ0) is 19.9. The predicted octanol–water partition coefficient (Wildman–Crippen LogP) is 3.51. The van der Waals surface area contributed by atoms with E-state index >= 15 is 0 Å². The first-order chi connectivity index (χ1) is 13.5. The normalized spacial score (nSPS) is 10.6. The molecule has 0 bridgehead atoms. The third-order valence-electron chi connectivity index (χ3n) is 3.98. The van der Waals surface area contributed by atoms with Crippen LogP contribution in [-0.4, -0.2) is 24.5 Å². The monoisotopic (exact) mass is 401 g/mol. The molecule has 3 aromatic rings. The molecule has 0 aliphatic heterocycles. The minimum atomic E-state index is -0.534. The van der Waals surface area contributed by atoms with Crippen molar-refractivity contribution in [3.8, 4) is 16.7 Å². The number of nitrogens with two attached hydrogens (primary N) is 1. The lowest BCUT2D eigenvalue weighted by atomic mass is 10.1. The van der Waals surface area contributed by atoms with E-state index in [9.17, 15) is 9.18 Å². The van der Waals surface area contributed by atoms with Gasteiger partial charge in [-0.1, -0.05) is 23.5 Å². The first-order valence-electron chi connectivity index (χ1n) is 8.60. The Morgan fingerprint density at radius 1 is 1.21 bits per heavy atom. The van der Waals surface area contributed by atoms with Gasteiger partial charge in [-0.25, -0.2) is 9.37 Å². The van der Waals surface area contributed by atoms with Gasteiger partial charge in [-0.3, -0.25) is 4.79 Å². The fourth-order valence-electron chi connectivity index (χ4n) is 2.51. The van der Waals surface area contributed by atoms with E-state index < -0.39 is 5.91 Å². The van der Waals surface area contributed by atoms with Gasteiger partial charge >= 0.3 is 0 Å². The SMILES string of the molecule is COc1cc(C(N)=O)ccc1Oc1ncc(CNCCc2ccc(F)cc2)s1. The second kappa shape index (κ2) is 9.29. The Bertz CT molecular complexity index is 944. The van der Waals surface area contributed by atoms with Gasteiger partial charge in [0.25, 0.3) is 5.19 Å². The van der Waals surface area contributed by atoms with Crippen LogP contribution in [-0.2, 0) is 13.0 Å². The lowest BCUT2D eigenvalue weighted by Gasteiger charge is -2.08. The number of nitrogens with zero attached hydrogens (tertiary/aromatic N) is 1. The average Bonchev–Trinajstić information content (AvgIpc) is 3.14. The molecule has 0 unspecified atom stereocenters. The molecule has 28 heavy (non-hydrogen) atoms. The Hall–Kier alpha value is -2.97. The topological polar surface area (TPSA) is 86.5 Å². The summed E-state index contributed by atoms with van der Waals surface area (Å²) in [5, 5.41) is 3.80. The Labute approximate surface area is 166 Å². The molecule has 1 heterocycles. The summed E-state index contributed by atoms with van der Waals surface area (Å²) in [6.45, 7) is 1.42. The van der Waals surface area contributed by atoms with E-state index in [-0.39, 0.29) is 5.82 Å². The van der Waals surface area contributed by atoms with Crippen molar-refractivity contribution >= 4 is 17.2 Å². The maximum atomic E-state index is 12.9. The van der Waals surface area contributed by atoms with Gasteiger partial charge in [-0.15, -0.1) is 0 Å². The lowest BCUT2D eigenvalue weighted by Crippen LogP contribution is -2.15. The van der Waals surface area contributed by atoms with E-state index in [2.05, 4.69) is 10.3 Å². The number of hydrogen-bond donors (Lipinski definition) is 2. The summed E-state index contributed by atoms with van der Waals surface area (Å²) in [7, 11) is 1.49. The number of carbonyl (C=O) groups excluding carboxylic acids is 1. The highest BCUT2D eigenvalue weighted by Gasteiger charge is 2.12. The highest BCUT2D eigenvalue weighted by atomic mass is 32.1. The molecule has 1 amide bonds. The summed E-state index contributed by atoms with van der Waals surface area (Å²) in [6, 6.07) is 11.2. The number of nitrogens with one attached hydrogen (secondary N) is 1. The van der Waals surface area contributed by atoms with Gasteiger partial charge in [0.05, 0.1) is 7.11 Å². The van der Waals surface area contributed by atoms with Crippen molar-refractivity contribution in [1.29, 1.82) is 0 Å². The van der Waals surface area contributed by atoms with E-state index in [0.29, 0.717) is 28.8 Å². The Kier molecular flexibility index (Phi) is 6.57. The van der Waals surface area contributed by atoms with Crippen molar-refractivity contribution in [2.75, 3.05) is 13.7 Å². The van der Waals surface area contributed by atoms with Crippen LogP contribution in [0.3, 0.4) is 0 Å². The molecule has 0 spiro atoms. The van der Waals surface area contributed by atoms with Crippen molar-refractivity contribution in [1.82, 2.24) is 10.3 Å². The number of carbonyl (C=O) groups is 1. The molecule has 0 saturated heterocycles. The molecule has 0 saturated carbocycles. The molecule has 1 aromatic heterocycles. The van der Waals surface area contributed by atoms with Crippen LogP contribution in [0.15, 0.2) is 48.7 Å². The van der Waals surface area contributed by atoms with Crippen LogP contribution in [0.1, 0.15) is 20.8 Å². The number of thiazole rings is 1.